The molecular weight excluding hydrogens is 402 g/mol. The van der Waals surface area contributed by atoms with Gasteiger partial charge in [-0.2, -0.15) is 0 Å². The van der Waals surface area contributed by atoms with Crippen LogP contribution in [0.5, 0.6) is 11.5 Å². The van der Waals surface area contributed by atoms with Crippen LogP contribution >= 0.6 is 15.9 Å². The first-order valence-electron chi connectivity index (χ1n) is 8.40. The molecule has 1 saturated heterocycles. The molecule has 1 aromatic heterocycles. The highest BCUT2D eigenvalue weighted by atomic mass is 79.9. The smallest absolute Gasteiger partial charge is 0.259 e. The number of carbonyl (C=O) groups is 1. The van der Waals surface area contributed by atoms with Gasteiger partial charge in [0.1, 0.15) is 19.0 Å². The van der Waals surface area contributed by atoms with E-state index >= 15 is 0 Å². The first-order chi connectivity index (χ1) is 12.7. The van der Waals surface area contributed by atoms with Crippen LogP contribution in [-0.2, 0) is 4.74 Å². The van der Waals surface area contributed by atoms with Crippen LogP contribution in [0.3, 0.4) is 0 Å². The standard InChI is InChI=1S/C18H18BrN3O4/c19-13-10-15-16(26-9-8-25-15)11-14(13)21-18(23)12-2-1-3-20-17(12)22-4-6-24-7-5-22/h1-3,10-11H,4-9H2,(H,21,23). The zero-order valence-electron chi connectivity index (χ0n) is 14.0. The van der Waals surface area contributed by atoms with E-state index in [1.54, 1.807) is 30.5 Å². The molecule has 0 radical (unpaired) electrons. The SMILES string of the molecule is O=C(Nc1cc2c(cc1Br)OCCO2)c1cccnc1N1CCOCC1. The topological polar surface area (TPSA) is 72.9 Å². The summed E-state index contributed by atoms with van der Waals surface area (Å²) < 4.78 is 17.3. The predicted octanol–water partition coefficient (Wildman–Crippen LogP) is 2.70. The van der Waals surface area contributed by atoms with Gasteiger partial charge in [0.25, 0.3) is 5.91 Å². The zero-order chi connectivity index (χ0) is 17.9. The molecule has 26 heavy (non-hydrogen) atoms. The lowest BCUT2D eigenvalue weighted by Gasteiger charge is -2.29. The number of fused-ring (bicyclic) bond motifs is 1. The summed E-state index contributed by atoms with van der Waals surface area (Å²) in [5, 5.41) is 2.94. The molecule has 0 spiro atoms. The number of anilines is 2. The lowest BCUT2D eigenvalue weighted by molar-refractivity contribution is 0.102. The van der Waals surface area contributed by atoms with E-state index in [9.17, 15) is 4.79 Å². The van der Waals surface area contributed by atoms with E-state index in [1.807, 2.05) is 0 Å². The molecule has 0 aliphatic carbocycles. The Kier molecular flexibility index (Phi) is 4.94. The van der Waals surface area contributed by atoms with Gasteiger partial charge in [0, 0.05) is 35.9 Å². The Labute approximate surface area is 159 Å². The van der Waals surface area contributed by atoms with E-state index in [0.717, 1.165) is 4.47 Å². The highest BCUT2D eigenvalue weighted by Gasteiger charge is 2.21. The number of amides is 1. The second kappa shape index (κ2) is 7.51. The van der Waals surface area contributed by atoms with Crippen LogP contribution in [0.2, 0.25) is 0 Å². The summed E-state index contributed by atoms with van der Waals surface area (Å²) in [5.41, 5.74) is 1.15. The normalized spacial score (nSPS) is 16.3. The number of morpholine rings is 1. The van der Waals surface area contributed by atoms with Crippen LogP contribution in [0.4, 0.5) is 11.5 Å². The van der Waals surface area contributed by atoms with Crippen molar-refractivity contribution in [2.75, 3.05) is 49.7 Å². The van der Waals surface area contributed by atoms with E-state index < -0.39 is 0 Å². The molecule has 7 nitrogen and oxygen atoms in total. The summed E-state index contributed by atoms with van der Waals surface area (Å²) in [4.78, 5) is 19.4. The van der Waals surface area contributed by atoms with Crippen LogP contribution < -0.4 is 19.7 Å². The van der Waals surface area contributed by atoms with Crippen molar-refractivity contribution in [1.82, 2.24) is 4.98 Å². The molecule has 0 atom stereocenters. The monoisotopic (exact) mass is 419 g/mol. The summed E-state index contributed by atoms with van der Waals surface area (Å²) in [5.74, 6) is 1.73. The lowest BCUT2D eigenvalue weighted by atomic mass is 10.2. The van der Waals surface area contributed by atoms with Gasteiger partial charge in [-0.3, -0.25) is 4.79 Å². The van der Waals surface area contributed by atoms with E-state index in [4.69, 9.17) is 14.2 Å². The van der Waals surface area contributed by atoms with Gasteiger partial charge in [0.2, 0.25) is 0 Å². The molecule has 2 aromatic rings. The minimum Gasteiger partial charge on any atom is -0.486 e. The number of nitrogens with one attached hydrogen (secondary N) is 1. The van der Waals surface area contributed by atoms with Gasteiger partial charge < -0.3 is 24.4 Å². The minimum atomic E-state index is -0.225. The Morgan fingerprint density at radius 1 is 1.12 bits per heavy atom. The van der Waals surface area contributed by atoms with Gasteiger partial charge in [-0.15, -0.1) is 0 Å². The second-order valence-electron chi connectivity index (χ2n) is 5.90. The maximum atomic E-state index is 12.9. The van der Waals surface area contributed by atoms with Crippen molar-refractivity contribution in [2.45, 2.75) is 0 Å². The molecule has 0 bridgehead atoms. The Morgan fingerprint density at radius 3 is 2.62 bits per heavy atom. The van der Waals surface area contributed by atoms with Crippen LogP contribution in [0.15, 0.2) is 34.9 Å². The summed E-state index contributed by atoms with van der Waals surface area (Å²) in [6.45, 7) is 3.70. The Hall–Kier alpha value is -2.32. The molecule has 1 aromatic carbocycles. The van der Waals surface area contributed by atoms with Crippen molar-refractivity contribution in [3.05, 3.63) is 40.5 Å². The molecule has 1 fully saturated rings. The third-order valence-electron chi connectivity index (χ3n) is 4.22. The van der Waals surface area contributed by atoms with E-state index in [0.29, 0.717) is 68.1 Å². The van der Waals surface area contributed by atoms with Crippen molar-refractivity contribution in [3.8, 4) is 11.5 Å². The molecule has 4 rings (SSSR count). The number of benzene rings is 1. The van der Waals surface area contributed by atoms with E-state index in [2.05, 4.69) is 31.1 Å². The van der Waals surface area contributed by atoms with Gasteiger partial charge in [0.15, 0.2) is 11.5 Å². The van der Waals surface area contributed by atoms with Crippen molar-refractivity contribution in [2.24, 2.45) is 0 Å². The minimum absolute atomic E-state index is 0.225. The van der Waals surface area contributed by atoms with Gasteiger partial charge in [0.05, 0.1) is 24.5 Å². The summed E-state index contributed by atoms with van der Waals surface area (Å²) in [6.07, 6.45) is 1.70. The molecule has 1 N–H and O–H groups in total. The molecule has 2 aliphatic heterocycles. The van der Waals surface area contributed by atoms with Crippen molar-refractivity contribution in [3.63, 3.8) is 0 Å². The fraction of sp³-hybridized carbons (Fsp3) is 0.333. The van der Waals surface area contributed by atoms with E-state index in [-0.39, 0.29) is 5.91 Å². The molecular formula is C18H18BrN3O4. The molecule has 1 amide bonds. The number of halogens is 1. The number of ether oxygens (including phenoxy) is 3. The second-order valence-corrected chi connectivity index (χ2v) is 6.76. The van der Waals surface area contributed by atoms with Gasteiger partial charge in [-0.1, -0.05) is 0 Å². The molecule has 8 heteroatoms. The summed E-state index contributed by atoms with van der Waals surface area (Å²) in [7, 11) is 0. The fourth-order valence-corrected chi connectivity index (χ4v) is 3.37. The number of hydrogen-bond donors (Lipinski definition) is 1. The number of nitrogens with zero attached hydrogens (tertiary/aromatic N) is 2. The highest BCUT2D eigenvalue weighted by molar-refractivity contribution is 9.10. The Morgan fingerprint density at radius 2 is 1.85 bits per heavy atom. The summed E-state index contributed by atoms with van der Waals surface area (Å²) in [6, 6.07) is 7.11. The third kappa shape index (κ3) is 3.47. The van der Waals surface area contributed by atoms with Crippen LogP contribution in [0.25, 0.3) is 0 Å². The van der Waals surface area contributed by atoms with Crippen molar-refractivity contribution >= 4 is 33.3 Å². The fourth-order valence-electron chi connectivity index (χ4n) is 2.95. The van der Waals surface area contributed by atoms with E-state index in [1.165, 1.54) is 0 Å². The van der Waals surface area contributed by atoms with Crippen molar-refractivity contribution in [1.29, 1.82) is 0 Å². The average Bonchev–Trinajstić information content (AvgIpc) is 2.69. The Bertz CT molecular complexity index is 824. The maximum absolute atomic E-state index is 12.9. The molecule has 2 aliphatic rings. The van der Waals surface area contributed by atoms with Crippen LogP contribution in [0.1, 0.15) is 10.4 Å². The first-order valence-corrected chi connectivity index (χ1v) is 9.20. The third-order valence-corrected chi connectivity index (χ3v) is 4.88. The number of hydrogen-bond acceptors (Lipinski definition) is 6. The van der Waals surface area contributed by atoms with Crippen molar-refractivity contribution < 1.29 is 19.0 Å². The predicted molar refractivity (Wildman–Crippen MR) is 100 cm³/mol. The molecule has 3 heterocycles. The quantitative estimate of drug-likeness (QED) is 0.824. The zero-order valence-corrected chi connectivity index (χ0v) is 15.6. The van der Waals surface area contributed by atoms with Crippen LogP contribution in [-0.4, -0.2) is 50.4 Å². The maximum Gasteiger partial charge on any atom is 0.259 e. The lowest BCUT2D eigenvalue weighted by Crippen LogP contribution is -2.38. The highest BCUT2D eigenvalue weighted by Crippen LogP contribution is 2.38. The number of rotatable bonds is 3. The largest absolute Gasteiger partial charge is 0.486 e. The number of carbonyl (C=O) groups excluding carboxylic acids is 1. The number of aromatic nitrogens is 1. The van der Waals surface area contributed by atoms with Gasteiger partial charge >= 0.3 is 0 Å². The van der Waals surface area contributed by atoms with Gasteiger partial charge in [-0.05, 0) is 28.1 Å². The molecule has 0 unspecified atom stereocenters. The number of pyridine rings is 1. The first kappa shape index (κ1) is 17.1. The van der Waals surface area contributed by atoms with Crippen LogP contribution in [0, 0.1) is 0 Å². The van der Waals surface area contributed by atoms with Gasteiger partial charge in [-0.25, -0.2) is 4.98 Å². The summed E-state index contributed by atoms with van der Waals surface area (Å²) >= 11 is 3.48. The molecule has 136 valence electrons. The molecule has 0 saturated carbocycles. The Balaban J connectivity index is 1.59. The average molecular weight is 420 g/mol.